The first-order chi connectivity index (χ1) is 16.5. The van der Waals surface area contributed by atoms with Gasteiger partial charge < -0.3 is 10.2 Å². The van der Waals surface area contributed by atoms with E-state index in [-0.39, 0.29) is 24.1 Å². The second kappa shape index (κ2) is 9.11. The summed E-state index contributed by atoms with van der Waals surface area (Å²) in [7, 11) is 0. The Balaban J connectivity index is 1.46. The zero-order valence-electron chi connectivity index (χ0n) is 18.4. The second-order valence-corrected chi connectivity index (χ2v) is 9.20. The molecule has 2 aromatic heterocycles. The summed E-state index contributed by atoms with van der Waals surface area (Å²) < 4.78 is 4.58. The van der Waals surface area contributed by atoms with Gasteiger partial charge in [-0.15, -0.1) is 11.3 Å². The van der Waals surface area contributed by atoms with Gasteiger partial charge in [0.15, 0.2) is 5.82 Å². The van der Waals surface area contributed by atoms with Crippen LogP contribution in [0.25, 0.3) is 11.4 Å². The van der Waals surface area contributed by atoms with Gasteiger partial charge in [-0.25, -0.2) is 4.79 Å². The van der Waals surface area contributed by atoms with E-state index in [0.29, 0.717) is 17.7 Å². The summed E-state index contributed by atoms with van der Waals surface area (Å²) in [5.74, 6) is -0.970. The predicted molar refractivity (Wildman–Crippen MR) is 130 cm³/mol. The Morgan fingerprint density at radius 3 is 2.68 bits per heavy atom. The first-order valence-electron chi connectivity index (χ1n) is 10.9. The van der Waals surface area contributed by atoms with Crippen LogP contribution in [0.5, 0.6) is 0 Å². The minimum absolute atomic E-state index is 0.00304. The third-order valence-electron chi connectivity index (χ3n) is 5.92. The number of rotatable bonds is 5. The topological polar surface area (TPSA) is 108 Å². The lowest BCUT2D eigenvalue weighted by Crippen LogP contribution is -2.46. The van der Waals surface area contributed by atoms with Crippen LogP contribution >= 0.6 is 11.3 Å². The monoisotopic (exact) mass is 474 g/mol. The molecule has 2 aromatic carbocycles. The summed E-state index contributed by atoms with van der Waals surface area (Å²) in [5, 5.41) is 8.65. The molecule has 1 fully saturated rings. The Bertz CT molecular complexity index is 1370. The molecule has 9 heteroatoms. The molecule has 5 rings (SSSR count). The molecule has 1 saturated heterocycles. The number of carbonyl (C=O) groups is 2. The maximum atomic E-state index is 13.5. The van der Waals surface area contributed by atoms with Crippen molar-refractivity contribution in [2.24, 2.45) is 5.92 Å². The average molecular weight is 475 g/mol. The van der Waals surface area contributed by atoms with Crippen molar-refractivity contribution < 1.29 is 14.1 Å². The van der Waals surface area contributed by atoms with Crippen molar-refractivity contribution in [3.63, 3.8) is 0 Å². The molecule has 1 aliphatic heterocycles. The normalized spacial score (nSPS) is 18.1. The van der Waals surface area contributed by atoms with Crippen LogP contribution in [0.2, 0.25) is 0 Å². The van der Waals surface area contributed by atoms with Gasteiger partial charge in [0.1, 0.15) is 0 Å². The predicted octanol–water partition coefficient (Wildman–Crippen LogP) is 4.52. The maximum Gasteiger partial charge on any atom is 0.439 e. The van der Waals surface area contributed by atoms with Gasteiger partial charge in [-0.2, -0.15) is 0 Å². The third-order valence-corrected chi connectivity index (χ3v) is 6.87. The smallest absolute Gasteiger partial charge is 0.326 e. The van der Waals surface area contributed by atoms with Crippen molar-refractivity contribution in [1.29, 1.82) is 0 Å². The summed E-state index contributed by atoms with van der Waals surface area (Å²) in [6.45, 7) is 2.00. The van der Waals surface area contributed by atoms with Crippen LogP contribution in [0.1, 0.15) is 29.3 Å². The molecular formula is C25H22N4O4S. The lowest BCUT2D eigenvalue weighted by Gasteiger charge is -2.40. The summed E-state index contributed by atoms with van der Waals surface area (Å²) in [6.07, 6.45) is 0.736. The summed E-state index contributed by atoms with van der Waals surface area (Å²) in [5.41, 5.74) is 3.06. The summed E-state index contributed by atoms with van der Waals surface area (Å²) in [6, 6.07) is 18.3. The minimum atomic E-state index is -0.647. The molecule has 2 N–H and O–H groups in total. The van der Waals surface area contributed by atoms with Crippen molar-refractivity contribution in [2.75, 3.05) is 10.2 Å². The standard InChI is InChI=1S/C25H22N4O4S/c1-15-7-9-18(10-8-15)29-21(30)12-11-19(22(29)20-6-3-13-34-20)24(31)26-17-5-2-4-16(14-17)23-27-25(32)33-28-23/h2-10,13-14,19,22H,11-12H2,1H3,(H,26,31)(H,27,28,32). The molecule has 1 aliphatic rings. The highest BCUT2D eigenvalue weighted by atomic mass is 32.1. The van der Waals surface area contributed by atoms with E-state index < -0.39 is 17.7 Å². The van der Waals surface area contributed by atoms with Crippen LogP contribution in [-0.4, -0.2) is 22.0 Å². The third kappa shape index (κ3) is 4.29. The molecule has 34 heavy (non-hydrogen) atoms. The van der Waals surface area contributed by atoms with E-state index in [1.807, 2.05) is 48.7 Å². The van der Waals surface area contributed by atoms with Gasteiger partial charge in [-0.1, -0.05) is 41.1 Å². The highest BCUT2D eigenvalue weighted by molar-refractivity contribution is 7.10. The van der Waals surface area contributed by atoms with Crippen molar-refractivity contribution in [1.82, 2.24) is 10.1 Å². The zero-order valence-corrected chi connectivity index (χ0v) is 19.2. The Hall–Kier alpha value is -3.98. The number of nitrogens with one attached hydrogen (secondary N) is 2. The Labute approximate surface area is 199 Å². The number of aromatic amines is 1. The first kappa shape index (κ1) is 21.8. The van der Waals surface area contributed by atoms with Gasteiger partial charge in [0, 0.05) is 28.2 Å². The van der Waals surface area contributed by atoms with Crippen molar-refractivity contribution in [3.8, 4) is 11.4 Å². The zero-order chi connectivity index (χ0) is 23.7. The number of aryl methyl sites for hydroxylation is 1. The van der Waals surface area contributed by atoms with E-state index in [9.17, 15) is 14.4 Å². The van der Waals surface area contributed by atoms with Crippen molar-refractivity contribution >= 4 is 34.5 Å². The molecule has 8 nitrogen and oxygen atoms in total. The van der Waals surface area contributed by atoms with Gasteiger partial charge in [0.25, 0.3) is 0 Å². The number of amides is 2. The van der Waals surface area contributed by atoms with Crippen LogP contribution in [0.3, 0.4) is 0 Å². The lowest BCUT2D eigenvalue weighted by molar-refractivity contribution is -0.125. The SMILES string of the molecule is Cc1ccc(N2C(=O)CCC(C(=O)Nc3cccc(-c4noc(=O)[nH]4)c3)C2c2cccs2)cc1. The number of hydrogen-bond acceptors (Lipinski definition) is 6. The fraction of sp³-hybridized carbons (Fsp3) is 0.200. The fourth-order valence-corrected chi connectivity index (χ4v) is 5.18. The Morgan fingerprint density at radius 2 is 1.97 bits per heavy atom. The molecule has 172 valence electrons. The summed E-state index contributed by atoms with van der Waals surface area (Å²) >= 11 is 1.54. The van der Waals surface area contributed by atoms with E-state index in [0.717, 1.165) is 16.1 Å². The molecule has 4 aromatic rings. The van der Waals surface area contributed by atoms with E-state index in [1.54, 1.807) is 29.2 Å². The van der Waals surface area contributed by atoms with E-state index >= 15 is 0 Å². The number of nitrogens with zero attached hydrogens (tertiary/aromatic N) is 2. The van der Waals surface area contributed by atoms with Gasteiger partial charge >= 0.3 is 5.76 Å². The maximum absolute atomic E-state index is 13.5. The van der Waals surface area contributed by atoms with Crippen LogP contribution in [0.15, 0.2) is 75.4 Å². The van der Waals surface area contributed by atoms with E-state index in [2.05, 4.69) is 20.0 Å². The van der Waals surface area contributed by atoms with Crippen LogP contribution in [0.4, 0.5) is 11.4 Å². The molecule has 0 spiro atoms. The molecule has 2 atom stereocenters. The summed E-state index contributed by atoms with van der Waals surface area (Å²) in [4.78, 5) is 43.1. The van der Waals surface area contributed by atoms with Crippen LogP contribution in [0, 0.1) is 12.8 Å². The molecular weight excluding hydrogens is 452 g/mol. The first-order valence-corrected chi connectivity index (χ1v) is 11.8. The van der Waals surface area contributed by atoms with Crippen LogP contribution < -0.4 is 16.0 Å². The number of piperidine rings is 1. The van der Waals surface area contributed by atoms with Gasteiger partial charge in [0.2, 0.25) is 11.8 Å². The molecule has 0 saturated carbocycles. The number of H-pyrrole nitrogens is 1. The van der Waals surface area contributed by atoms with Crippen molar-refractivity contribution in [2.45, 2.75) is 25.8 Å². The highest BCUT2D eigenvalue weighted by Crippen LogP contribution is 2.42. The number of hydrogen-bond donors (Lipinski definition) is 2. The highest BCUT2D eigenvalue weighted by Gasteiger charge is 2.42. The number of thiophene rings is 1. The quantitative estimate of drug-likeness (QED) is 0.442. The average Bonchev–Trinajstić information content (AvgIpc) is 3.52. The van der Waals surface area contributed by atoms with E-state index in [1.165, 1.54) is 11.3 Å². The molecule has 0 aliphatic carbocycles. The Morgan fingerprint density at radius 1 is 1.15 bits per heavy atom. The van der Waals surface area contributed by atoms with E-state index in [4.69, 9.17) is 0 Å². The van der Waals surface area contributed by atoms with Gasteiger partial charge in [-0.3, -0.25) is 19.1 Å². The molecule has 0 radical (unpaired) electrons. The molecule has 0 bridgehead atoms. The number of anilines is 2. The second-order valence-electron chi connectivity index (χ2n) is 8.22. The van der Waals surface area contributed by atoms with Gasteiger partial charge in [0.05, 0.1) is 12.0 Å². The lowest BCUT2D eigenvalue weighted by atomic mass is 9.86. The fourth-order valence-electron chi connectivity index (χ4n) is 4.30. The van der Waals surface area contributed by atoms with Crippen LogP contribution in [-0.2, 0) is 9.59 Å². The number of benzene rings is 2. The molecule has 2 unspecified atom stereocenters. The molecule has 3 heterocycles. The minimum Gasteiger partial charge on any atom is -0.326 e. The number of carbonyl (C=O) groups excluding carboxylic acids is 2. The van der Waals surface area contributed by atoms with Crippen molar-refractivity contribution in [3.05, 3.63) is 87.0 Å². The number of aromatic nitrogens is 2. The van der Waals surface area contributed by atoms with Gasteiger partial charge in [-0.05, 0) is 49.1 Å². The largest absolute Gasteiger partial charge is 0.439 e. The Kier molecular flexibility index (Phi) is 5.85. The molecule has 2 amide bonds.